The number of guanidine groups is 1. The molecular formula is C23H44IN5S. The lowest BCUT2D eigenvalue weighted by molar-refractivity contribution is 0.0624. The molecule has 0 aromatic carbocycles. The van der Waals surface area contributed by atoms with Gasteiger partial charge in [-0.25, -0.2) is 0 Å². The van der Waals surface area contributed by atoms with Crippen LogP contribution in [0.5, 0.6) is 0 Å². The van der Waals surface area contributed by atoms with Crippen LogP contribution in [0, 0.1) is 0 Å². The van der Waals surface area contributed by atoms with E-state index in [0.717, 1.165) is 18.5 Å². The summed E-state index contributed by atoms with van der Waals surface area (Å²) in [5.41, 5.74) is 0.350. The number of halogens is 1. The molecule has 5 nitrogen and oxygen atoms in total. The van der Waals surface area contributed by atoms with Crippen LogP contribution in [0.3, 0.4) is 0 Å². The number of thioether (sulfide) groups is 1. The van der Waals surface area contributed by atoms with Gasteiger partial charge in [-0.15, -0.1) is 24.0 Å². The van der Waals surface area contributed by atoms with E-state index >= 15 is 0 Å². The summed E-state index contributed by atoms with van der Waals surface area (Å²) in [4.78, 5) is 10.2. The van der Waals surface area contributed by atoms with Gasteiger partial charge in [0.05, 0.1) is 0 Å². The molecule has 0 bridgehead atoms. The molecule has 0 aromatic rings. The monoisotopic (exact) mass is 549 g/mol. The van der Waals surface area contributed by atoms with Crippen LogP contribution in [-0.4, -0.2) is 84.7 Å². The highest BCUT2D eigenvalue weighted by Crippen LogP contribution is 2.35. The predicted octanol–water partition coefficient (Wildman–Crippen LogP) is 3.93. The Bertz CT molecular complexity index is 520. The Labute approximate surface area is 206 Å². The number of rotatable bonds is 5. The lowest BCUT2D eigenvalue weighted by Crippen LogP contribution is -2.60. The van der Waals surface area contributed by atoms with E-state index in [1.54, 1.807) is 0 Å². The molecule has 0 atom stereocenters. The summed E-state index contributed by atoms with van der Waals surface area (Å²) in [5, 5.41) is 7.53. The highest BCUT2D eigenvalue weighted by atomic mass is 127. The molecule has 0 aromatic heterocycles. The summed E-state index contributed by atoms with van der Waals surface area (Å²) in [6, 6.07) is 1.45. The lowest BCUT2D eigenvalue weighted by atomic mass is 9.80. The van der Waals surface area contributed by atoms with Crippen LogP contribution in [0.1, 0.15) is 70.6 Å². The summed E-state index contributed by atoms with van der Waals surface area (Å²) in [7, 11) is 1.94. The molecule has 2 aliphatic heterocycles. The minimum atomic E-state index is 0. The number of nitrogens with one attached hydrogen (secondary N) is 2. The zero-order valence-electron chi connectivity index (χ0n) is 19.0. The average Bonchev–Trinajstić information content (AvgIpc) is 3.33. The molecule has 2 N–H and O–H groups in total. The van der Waals surface area contributed by atoms with Crippen LogP contribution in [0.2, 0.25) is 0 Å². The molecule has 0 amide bonds. The van der Waals surface area contributed by atoms with Crippen molar-refractivity contribution in [3.63, 3.8) is 0 Å². The van der Waals surface area contributed by atoms with Gasteiger partial charge in [-0.05, 0) is 38.5 Å². The van der Waals surface area contributed by atoms with Crippen molar-refractivity contribution in [2.24, 2.45) is 4.99 Å². The van der Waals surface area contributed by atoms with Gasteiger partial charge in [0.1, 0.15) is 0 Å². The first-order chi connectivity index (χ1) is 14.3. The van der Waals surface area contributed by atoms with E-state index in [9.17, 15) is 0 Å². The van der Waals surface area contributed by atoms with Gasteiger partial charge in [-0.1, -0.05) is 32.1 Å². The molecule has 2 heterocycles. The third kappa shape index (κ3) is 6.41. The normalized spacial score (nSPS) is 27.6. The molecule has 4 aliphatic rings. The number of aliphatic imine (C=N–C) groups is 1. The summed E-state index contributed by atoms with van der Waals surface area (Å²) < 4.78 is 0. The van der Waals surface area contributed by atoms with Crippen molar-refractivity contribution < 1.29 is 0 Å². The fourth-order valence-electron chi connectivity index (χ4n) is 6.17. The predicted molar refractivity (Wildman–Crippen MR) is 141 cm³/mol. The fraction of sp³-hybridized carbons (Fsp3) is 0.957. The van der Waals surface area contributed by atoms with E-state index in [2.05, 4.69) is 37.2 Å². The number of hydrogen-bond acceptors (Lipinski definition) is 4. The molecule has 2 saturated heterocycles. The zero-order chi connectivity index (χ0) is 19.9. The Morgan fingerprint density at radius 3 is 2.23 bits per heavy atom. The van der Waals surface area contributed by atoms with Crippen LogP contribution in [0.15, 0.2) is 4.99 Å². The molecule has 7 heteroatoms. The minimum absolute atomic E-state index is 0. The SMILES string of the molecule is CN=C(NCC1(N2CCSCC2)CCCCC1)NC1CCN(C2CCCC2)CC1.I. The molecular weight excluding hydrogens is 505 g/mol. The van der Waals surface area contributed by atoms with E-state index in [0.29, 0.717) is 11.6 Å². The van der Waals surface area contributed by atoms with E-state index in [-0.39, 0.29) is 24.0 Å². The number of hydrogen-bond donors (Lipinski definition) is 2. The highest BCUT2D eigenvalue weighted by molar-refractivity contribution is 14.0. The second-order valence-corrected chi connectivity index (χ2v) is 10.9. The van der Waals surface area contributed by atoms with Crippen LogP contribution >= 0.6 is 35.7 Å². The number of likely N-dealkylation sites (tertiary alicyclic amines) is 1. The van der Waals surface area contributed by atoms with Gasteiger partial charge in [0.25, 0.3) is 0 Å². The molecule has 174 valence electrons. The Kier molecular flexibility index (Phi) is 10.4. The van der Waals surface area contributed by atoms with Gasteiger partial charge in [-0.2, -0.15) is 11.8 Å². The first-order valence-corrected chi connectivity index (χ1v) is 13.5. The fourth-order valence-corrected chi connectivity index (χ4v) is 7.07. The number of nitrogens with zero attached hydrogens (tertiary/aromatic N) is 3. The quantitative estimate of drug-likeness (QED) is 0.309. The highest BCUT2D eigenvalue weighted by Gasteiger charge is 2.38. The van der Waals surface area contributed by atoms with Crippen LogP contribution in [0.4, 0.5) is 0 Å². The van der Waals surface area contributed by atoms with Crippen molar-refractivity contribution >= 4 is 41.7 Å². The van der Waals surface area contributed by atoms with Gasteiger partial charge < -0.3 is 15.5 Å². The molecule has 0 spiro atoms. The Morgan fingerprint density at radius 1 is 0.933 bits per heavy atom. The van der Waals surface area contributed by atoms with Crippen LogP contribution in [-0.2, 0) is 0 Å². The Hall–Kier alpha value is 0.270. The molecule has 4 fully saturated rings. The summed E-state index contributed by atoms with van der Waals surface area (Å²) in [5.74, 6) is 3.63. The molecule has 4 rings (SSSR count). The minimum Gasteiger partial charge on any atom is -0.355 e. The van der Waals surface area contributed by atoms with Crippen LogP contribution in [0.25, 0.3) is 0 Å². The summed E-state index contributed by atoms with van der Waals surface area (Å²) in [6.07, 6.45) is 15.1. The first kappa shape index (κ1) is 24.9. The van der Waals surface area contributed by atoms with E-state index in [1.807, 2.05) is 7.05 Å². The van der Waals surface area contributed by atoms with Gasteiger partial charge in [0.15, 0.2) is 5.96 Å². The van der Waals surface area contributed by atoms with Gasteiger partial charge in [0.2, 0.25) is 0 Å². The molecule has 2 saturated carbocycles. The smallest absolute Gasteiger partial charge is 0.191 e. The first-order valence-electron chi connectivity index (χ1n) is 12.3. The lowest BCUT2D eigenvalue weighted by Gasteiger charge is -2.48. The van der Waals surface area contributed by atoms with E-state index in [4.69, 9.17) is 0 Å². The summed E-state index contributed by atoms with van der Waals surface area (Å²) >= 11 is 2.12. The maximum atomic E-state index is 4.60. The van der Waals surface area contributed by atoms with E-state index < -0.39 is 0 Å². The maximum Gasteiger partial charge on any atom is 0.191 e. The zero-order valence-corrected chi connectivity index (χ0v) is 22.2. The summed E-state index contributed by atoms with van der Waals surface area (Å²) in [6.45, 7) is 6.09. The second kappa shape index (κ2) is 12.5. The van der Waals surface area contributed by atoms with Crippen molar-refractivity contribution in [2.75, 3.05) is 51.3 Å². The van der Waals surface area contributed by atoms with E-state index in [1.165, 1.54) is 108 Å². The van der Waals surface area contributed by atoms with Crippen molar-refractivity contribution in [2.45, 2.75) is 88.3 Å². The number of piperidine rings is 1. The third-order valence-corrected chi connectivity index (χ3v) is 8.93. The van der Waals surface area contributed by atoms with Gasteiger partial charge in [-0.3, -0.25) is 9.89 Å². The topological polar surface area (TPSA) is 42.9 Å². The Morgan fingerprint density at radius 2 is 1.60 bits per heavy atom. The maximum absolute atomic E-state index is 4.60. The van der Waals surface area contributed by atoms with Crippen molar-refractivity contribution in [1.29, 1.82) is 0 Å². The molecule has 30 heavy (non-hydrogen) atoms. The second-order valence-electron chi connectivity index (χ2n) is 9.70. The van der Waals surface area contributed by atoms with Crippen molar-refractivity contribution in [3.05, 3.63) is 0 Å². The molecule has 0 radical (unpaired) electrons. The molecule has 2 aliphatic carbocycles. The molecule has 0 unspecified atom stereocenters. The third-order valence-electron chi connectivity index (χ3n) is 7.99. The van der Waals surface area contributed by atoms with Gasteiger partial charge in [0, 0.05) is 68.9 Å². The van der Waals surface area contributed by atoms with Crippen molar-refractivity contribution in [3.8, 4) is 0 Å². The Balaban J connectivity index is 0.00000256. The van der Waals surface area contributed by atoms with Gasteiger partial charge >= 0.3 is 0 Å². The average molecular weight is 550 g/mol. The standard InChI is InChI=1S/C23H43N5S.HI/c1-24-22(26-20-9-13-27(14-10-20)21-7-3-4-8-21)25-19-23(11-5-2-6-12-23)28-15-17-29-18-16-28;/h20-21H,2-19H2,1H3,(H2,24,25,26);1H. The van der Waals surface area contributed by atoms with Crippen molar-refractivity contribution in [1.82, 2.24) is 20.4 Å². The largest absolute Gasteiger partial charge is 0.355 e. The van der Waals surface area contributed by atoms with Crippen LogP contribution < -0.4 is 10.6 Å².